The van der Waals surface area contributed by atoms with Gasteiger partial charge in [0.1, 0.15) is 0 Å². The maximum absolute atomic E-state index is 12.0. The lowest BCUT2D eigenvalue weighted by atomic mass is 10.2. The zero-order valence-electron chi connectivity index (χ0n) is 11.4. The minimum absolute atomic E-state index is 0.00177. The molecule has 0 saturated heterocycles. The average Bonchev–Trinajstić information content (AvgIpc) is 2.53. The van der Waals surface area contributed by atoms with Crippen molar-refractivity contribution in [2.75, 3.05) is 0 Å². The van der Waals surface area contributed by atoms with Crippen molar-refractivity contribution in [3.63, 3.8) is 0 Å². The van der Waals surface area contributed by atoms with Gasteiger partial charge in [-0.3, -0.25) is 20.3 Å². The van der Waals surface area contributed by atoms with Crippen LogP contribution in [0.3, 0.4) is 0 Å². The van der Waals surface area contributed by atoms with Gasteiger partial charge in [0.05, 0.1) is 9.82 Å². The molecule has 0 heterocycles. The molecular weight excluding hydrogens is 437 g/mol. The van der Waals surface area contributed by atoms with Gasteiger partial charge in [0.25, 0.3) is 21.6 Å². The van der Waals surface area contributed by atoms with Crippen LogP contribution in [0.25, 0.3) is 0 Å². The van der Waals surface area contributed by atoms with Crippen LogP contribution in [0.15, 0.2) is 53.4 Å². The van der Waals surface area contributed by atoms with E-state index >= 15 is 0 Å². The van der Waals surface area contributed by atoms with Crippen molar-refractivity contribution < 1.29 is 18.1 Å². The third-order valence-corrected chi connectivity index (χ3v) is 4.75. The first-order valence-corrected chi connectivity index (χ1v) is 8.68. The van der Waals surface area contributed by atoms with E-state index in [1.54, 1.807) is 12.1 Å². The fraction of sp³-hybridized carbons (Fsp3) is 0. The number of hydrazine groups is 1. The van der Waals surface area contributed by atoms with Crippen molar-refractivity contribution in [1.29, 1.82) is 0 Å². The number of nitro benzene ring substituents is 1. The van der Waals surface area contributed by atoms with Crippen LogP contribution in [-0.4, -0.2) is 19.2 Å². The number of halogens is 1. The van der Waals surface area contributed by atoms with Gasteiger partial charge in [-0.15, -0.1) is 4.83 Å². The molecule has 23 heavy (non-hydrogen) atoms. The monoisotopic (exact) mass is 447 g/mol. The summed E-state index contributed by atoms with van der Waals surface area (Å²) < 4.78 is 24.9. The molecule has 0 saturated carbocycles. The smallest absolute Gasteiger partial charge is 0.269 e. The summed E-state index contributed by atoms with van der Waals surface area (Å²) in [6, 6.07) is 10.8. The second-order valence-electron chi connectivity index (χ2n) is 4.32. The molecule has 2 aromatic rings. The number of non-ortho nitro benzene ring substituents is 1. The minimum Gasteiger partial charge on any atom is -0.273 e. The molecule has 0 aliphatic heterocycles. The van der Waals surface area contributed by atoms with Gasteiger partial charge in [-0.05, 0) is 59.0 Å². The van der Waals surface area contributed by atoms with Gasteiger partial charge < -0.3 is 0 Å². The number of carbonyl (C=O) groups is 1. The Hall–Kier alpha value is -2.05. The molecule has 2 N–H and O–H groups in total. The number of sulfonamides is 1. The van der Waals surface area contributed by atoms with Gasteiger partial charge in [-0.2, -0.15) is 0 Å². The van der Waals surface area contributed by atoms with Crippen molar-refractivity contribution in [3.8, 4) is 0 Å². The molecule has 8 nitrogen and oxygen atoms in total. The molecule has 10 heteroatoms. The van der Waals surface area contributed by atoms with Gasteiger partial charge in [-0.25, -0.2) is 8.42 Å². The number of rotatable bonds is 5. The molecule has 120 valence electrons. The molecule has 0 aliphatic rings. The number of nitrogens with one attached hydrogen (secondary N) is 2. The van der Waals surface area contributed by atoms with Gasteiger partial charge in [0.2, 0.25) is 0 Å². The fourth-order valence-electron chi connectivity index (χ4n) is 1.59. The first-order chi connectivity index (χ1) is 10.8. The van der Waals surface area contributed by atoms with E-state index in [9.17, 15) is 23.3 Å². The number of hydrogen-bond donors (Lipinski definition) is 2. The maximum atomic E-state index is 12.0. The molecule has 0 radical (unpaired) electrons. The highest BCUT2D eigenvalue weighted by molar-refractivity contribution is 14.1. The molecule has 0 atom stereocenters. The van der Waals surface area contributed by atoms with Gasteiger partial charge in [-0.1, -0.05) is 0 Å². The Morgan fingerprint density at radius 2 is 1.61 bits per heavy atom. The SMILES string of the molecule is O=C(NNS(=O)(=O)c1ccc(I)cc1)c1ccc([N+](=O)[O-])cc1. The summed E-state index contributed by atoms with van der Waals surface area (Å²) in [6.45, 7) is 0. The topological polar surface area (TPSA) is 118 Å². The van der Waals surface area contributed by atoms with Crippen LogP contribution in [0.5, 0.6) is 0 Å². The second-order valence-corrected chi connectivity index (χ2v) is 7.25. The molecule has 0 fully saturated rings. The third kappa shape index (κ3) is 4.46. The first kappa shape index (κ1) is 17.3. The number of amides is 1. The summed E-state index contributed by atoms with van der Waals surface area (Å²) in [5.74, 6) is -0.728. The van der Waals surface area contributed by atoms with E-state index in [0.717, 1.165) is 15.7 Å². The highest BCUT2D eigenvalue weighted by Crippen LogP contribution is 2.13. The van der Waals surface area contributed by atoms with Crippen LogP contribution in [0, 0.1) is 13.7 Å². The average molecular weight is 447 g/mol. The Bertz CT molecular complexity index is 835. The Morgan fingerprint density at radius 1 is 1.04 bits per heavy atom. The molecule has 0 unspecified atom stereocenters. The lowest BCUT2D eigenvalue weighted by molar-refractivity contribution is -0.384. The summed E-state index contributed by atoms with van der Waals surface area (Å²) in [4.78, 5) is 23.8. The third-order valence-electron chi connectivity index (χ3n) is 2.76. The van der Waals surface area contributed by atoms with Crippen LogP contribution < -0.4 is 10.3 Å². The Balaban J connectivity index is 2.06. The second kappa shape index (κ2) is 7.02. The summed E-state index contributed by atoms with van der Waals surface area (Å²) in [6.07, 6.45) is 0. The zero-order valence-corrected chi connectivity index (χ0v) is 14.4. The predicted octanol–water partition coefficient (Wildman–Crippen LogP) is 1.82. The van der Waals surface area contributed by atoms with Gasteiger partial charge >= 0.3 is 0 Å². The highest BCUT2D eigenvalue weighted by Gasteiger charge is 2.16. The van der Waals surface area contributed by atoms with Crippen LogP contribution in [0.1, 0.15) is 10.4 Å². The van der Waals surface area contributed by atoms with Crippen LogP contribution in [0.2, 0.25) is 0 Å². The number of benzene rings is 2. The Kier molecular flexibility index (Phi) is 5.28. The highest BCUT2D eigenvalue weighted by atomic mass is 127. The van der Waals surface area contributed by atoms with E-state index in [0.29, 0.717) is 0 Å². The normalized spacial score (nSPS) is 11.0. The Morgan fingerprint density at radius 3 is 2.13 bits per heavy atom. The number of nitrogens with zero attached hydrogens (tertiary/aromatic N) is 1. The van der Waals surface area contributed by atoms with Crippen LogP contribution >= 0.6 is 22.6 Å². The largest absolute Gasteiger partial charge is 0.273 e. The van der Waals surface area contributed by atoms with Crippen molar-refractivity contribution >= 4 is 44.2 Å². The van der Waals surface area contributed by atoms with E-state index < -0.39 is 20.9 Å². The maximum Gasteiger partial charge on any atom is 0.269 e. The van der Waals surface area contributed by atoms with Crippen molar-refractivity contribution in [1.82, 2.24) is 10.3 Å². The standard InChI is InChI=1S/C13H10IN3O5S/c14-10-3-7-12(8-4-10)23(21,22)16-15-13(18)9-1-5-11(6-2-9)17(19)20/h1-8,16H,(H,15,18). The molecule has 0 aromatic heterocycles. The van der Waals surface area contributed by atoms with E-state index in [2.05, 4.69) is 5.43 Å². The molecule has 0 spiro atoms. The summed E-state index contributed by atoms with van der Waals surface area (Å²) >= 11 is 2.04. The number of hydrogen-bond acceptors (Lipinski definition) is 5. The number of nitro groups is 1. The van der Waals surface area contributed by atoms with E-state index in [1.165, 1.54) is 24.3 Å². The lowest BCUT2D eigenvalue weighted by Gasteiger charge is -2.08. The van der Waals surface area contributed by atoms with Gasteiger partial charge in [0, 0.05) is 21.3 Å². The van der Waals surface area contributed by atoms with Crippen molar-refractivity contribution in [2.45, 2.75) is 4.90 Å². The van der Waals surface area contributed by atoms with Crippen molar-refractivity contribution in [3.05, 3.63) is 67.8 Å². The molecular formula is C13H10IN3O5S. The van der Waals surface area contributed by atoms with E-state index in [-0.39, 0.29) is 16.1 Å². The Labute approximate surface area is 145 Å². The van der Waals surface area contributed by atoms with E-state index in [1.807, 2.05) is 27.4 Å². The minimum atomic E-state index is -3.90. The lowest BCUT2D eigenvalue weighted by Crippen LogP contribution is -2.41. The summed E-state index contributed by atoms with van der Waals surface area (Å²) in [5.41, 5.74) is 1.97. The molecule has 1 amide bonds. The van der Waals surface area contributed by atoms with Crippen LogP contribution in [0.4, 0.5) is 5.69 Å². The number of carbonyl (C=O) groups excluding carboxylic acids is 1. The summed E-state index contributed by atoms with van der Waals surface area (Å²) in [7, 11) is -3.90. The van der Waals surface area contributed by atoms with Crippen molar-refractivity contribution in [2.24, 2.45) is 0 Å². The van der Waals surface area contributed by atoms with Crippen LogP contribution in [-0.2, 0) is 10.0 Å². The molecule has 0 aliphatic carbocycles. The zero-order chi connectivity index (χ0) is 17.0. The first-order valence-electron chi connectivity index (χ1n) is 6.12. The fourth-order valence-corrected chi connectivity index (χ4v) is 2.79. The predicted molar refractivity (Wildman–Crippen MR) is 90.0 cm³/mol. The molecule has 0 bridgehead atoms. The molecule has 2 aromatic carbocycles. The molecule has 2 rings (SSSR count). The quantitative estimate of drug-likeness (QED) is 0.412. The summed E-state index contributed by atoms with van der Waals surface area (Å²) in [5, 5.41) is 10.5. The van der Waals surface area contributed by atoms with E-state index in [4.69, 9.17) is 0 Å². The van der Waals surface area contributed by atoms with Gasteiger partial charge in [0.15, 0.2) is 0 Å².